The molecule has 2 aromatic carbocycles. The first-order valence-corrected chi connectivity index (χ1v) is 8.22. The minimum atomic E-state index is -0.756. The molecular formula is C19H22F2N2O3. The van der Waals surface area contributed by atoms with Crippen LogP contribution >= 0.6 is 0 Å². The maximum absolute atomic E-state index is 13.9. The van der Waals surface area contributed by atoms with Crippen LogP contribution in [-0.2, 0) is 4.79 Å². The molecule has 0 aliphatic rings. The third-order valence-electron chi connectivity index (χ3n) is 3.41. The van der Waals surface area contributed by atoms with Gasteiger partial charge in [0.2, 0.25) is 0 Å². The molecule has 0 saturated heterocycles. The van der Waals surface area contributed by atoms with Crippen molar-refractivity contribution in [3.8, 4) is 11.5 Å². The quantitative estimate of drug-likeness (QED) is 0.773. The van der Waals surface area contributed by atoms with Crippen molar-refractivity contribution < 1.29 is 23.0 Å². The molecule has 0 aromatic heterocycles. The Kier molecular flexibility index (Phi) is 6.77. The highest BCUT2D eigenvalue weighted by Gasteiger charge is 2.14. The van der Waals surface area contributed by atoms with Crippen LogP contribution in [0.2, 0.25) is 0 Å². The SMILES string of the molecule is CCCOc1ccc(OCC(=O)Nc2cc(F)c(N(C)C)c(F)c2)cc1. The molecule has 0 aliphatic heterocycles. The monoisotopic (exact) mass is 364 g/mol. The predicted octanol–water partition coefficient (Wildman–Crippen LogP) is 3.84. The van der Waals surface area contributed by atoms with Gasteiger partial charge in [-0.05, 0) is 42.8 Å². The third-order valence-corrected chi connectivity index (χ3v) is 3.41. The number of halogens is 2. The van der Waals surface area contributed by atoms with E-state index < -0.39 is 17.5 Å². The van der Waals surface area contributed by atoms with Crippen LogP contribution in [0.5, 0.6) is 11.5 Å². The van der Waals surface area contributed by atoms with Crippen LogP contribution in [0, 0.1) is 11.6 Å². The van der Waals surface area contributed by atoms with E-state index in [1.54, 1.807) is 24.3 Å². The fourth-order valence-electron chi connectivity index (χ4n) is 2.26. The summed E-state index contributed by atoms with van der Waals surface area (Å²) in [7, 11) is 3.07. The van der Waals surface area contributed by atoms with Crippen LogP contribution in [-0.4, -0.2) is 33.2 Å². The van der Waals surface area contributed by atoms with Crippen LogP contribution in [0.1, 0.15) is 13.3 Å². The van der Waals surface area contributed by atoms with Gasteiger partial charge in [0.15, 0.2) is 18.2 Å². The summed E-state index contributed by atoms with van der Waals surface area (Å²) < 4.78 is 38.6. The van der Waals surface area contributed by atoms with Gasteiger partial charge in [-0.1, -0.05) is 6.92 Å². The lowest BCUT2D eigenvalue weighted by Gasteiger charge is -2.16. The van der Waals surface area contributed by atoms with Crippen molar-refractivity contribution >= 4 is 17.3 Å². The number of nitrogens with zero attached hydrogens (tertiary/aromatic N) is 1. The van der Waals surface area contributed by atoms with E-state index in [0.717, 1.165) is 24.3 Å². The summed E-state index contributed by atoms with van der Waals surface area (Å²) in [5.74, 6) is -0.824. The molecule has 0 heterocycles. The Hall–Kier alpha value is -2.83. The van der Waals surface area contributed by atoms with Gasteiger partial charge in [0.25, 0.3) is 5.91 Å². The van der Waals surface area contributed by atoms with E-state index in [0.29, 0.717) is 12.4 Å². The molecule has 0 bridgehead atoms. The van der Waals surface area contributed by atoms with Crippen LogP contribution in [0.4, 0.5) is 20.2 Å². The number of carbonyl (C=O) groups excluding carboxylic acids is 1. The van der Waals surface area contributed by atoms with E-state index in [1.807, 2.05) is 6.92 Å². The van der Waals surface area contributed by atoms with Crippen molar-refractivity contribution in [1.82, 2.24) is 0 Å². The fraction of sp³-hybridized carbons (Fsp3) is 0.316. The highest BCUT2D eigenvalue weighted by Crippen LogP contribution is 2.25. The van der Waals surface area contributed by atoms with E-state index >= 15 is 0 Å². The average molecular weight is 364 g/mol. The van der Waals surface area contributed by atoms with Crippen LogP contribution in [0.25, 0.3) is 0 Å². The molecule has 1 amide bonds. The molecule has 5 nitrogen and oxygen atoms in total. The highest BCUT2D eigenvalue weighted by atomic mass is 19.1. The molecule has 26 heavy (non-hydrogen) atoms. The summed E-state index contributed by atoms with van der Waals surface area (Å²) in [6, 6.07) is 8.99. The van der Waals surface area contributed by atoms with E-state index in [4.69, 9.17) is 9.47 Å². The topological polar surface area (TPSA) is 50.8 Å². The van der Waals surface area contributed by atoms with E-state index in [9.17, 15) is 13.6 Å². The summed E-state index contributed by atoms with van der Waals surface area (Å²) in [5.41, 5.74) is -0.132. The predicted molar refractivity (Wildman–Crippen MR) is 97.0 cm³/mol. The van der Waals surface area contributed by atoms with Crippen LogP contribution in [0.3, 0.4) is 0 Å². The maximum atomic E-state index is 13.9. The van der Waals surface area contributed by atoms with Gasteiger partial charge in [-0.25, -0.2) is 8.78 Å². The van der Waals surface area contributed by atoms with E-state index in [-0.39, 0.29) is 18.0 Å². The highest BCUT2D eigenvalue weighted by molar-refractivity contribution is 5.92. The molecule has 1 N–H and O–H groups in total. The Morgan fingerprint density at radius 2 is 1.58 bits per heavy atom. The fourth-order valence-corrected chi connectivity index (χ4v) is 2.26. The van der Waals surface area contributed by atoms with E-state index in [1.165, 1.54) is 19.0 Å². The van der Waals surface area contributed by atoms with Crippen molar-refractivity contribution in [3.63, 3.8) is 0 Å². The Balaban J connectivity index is 1.91. The van der Waals surface area contributed by atoms with Crippen LogP contribution in [0.15, 0.2) is 36.4 Å². The zero-order chi connectivity index (χ0) is 19.1. The molecule has 0 unspecified atom stereocenters. The Labute approximate surface area is 151 Å². The summed E-state index contributed by atoms with van der Waals surface area (Å²) in [5, 5.41) is 2.41. The molecular weight excluding hydrogens is 342 g/mol. The molecule has 2 aromatic rings. The number of nitrogens with one attached hydrogen (secondary N) is 1. The van der Waals surface area contributed by atoms with Crippen LogP contribution < -0.4 is 19.7 Å². The van der Waals surface area contributed by atoms with Crippen molar-refractivity contribution in [3.05, 3.63) is 48.0 Å². The lowest BCUT2D eigenvalue weighted by molar-refractivity contribution is -0.118. The summed E-state index contributed by atoms with van der Waals surface area (Å²) in [6.45, 7) is 2.36. The number of amides is 1. The normalized spacial score (nSPS) is 10.3. The number of ether oxygens (including phenoxy) is 2. The second-order valence-corrected chi connectivity index (χ2v) is 5.84. The summed E-state index contributed by atoms with van der Waals surface area (Å²) >= 11 is 0. The summed E-state index contributed by atoms with van der Waals surface area (Å²) in [6.07, 6.45) is 0.912. The number of carbonyl (C=O) groups is 1. The Morgan fingerprint density at radius 1 is 1.04 bits per heavy atom. The van der Waals surface area contributed by atoms with Crippen molar-refractivity contribution in [2.45, 2.75) is 13.3 Å². The average Bonchev–Trinajstić information content (AvgIpc) is 2.58. The number of benzene rings is 2. The van der Waals surface area contributed by atoms with Crippen molar-refractivity contribution in [1.29, 1.82) is 0 Å². The van der Waals surface area contributed by atoms with Gasteiger partial charge in [0.1, 0.15) is 17.2 Å². The molecule has 140 valence electrons. The minimum Gasteiger partial charge on any atom is -0.494 e. The molecule has 7 heteroatoms. The van der Waals surface area contributed by atoms with Gasteiger partial charge in [0.05, 0.1) is 6.61 Å². The Bertz CT molecular complexity index is 726. The molecule has 0 saturated carbocycles. The minimum absolute atomic E-state index is 0.0301. The number of rotatable bonds is 8. The molecule has 0 spiro atoms. The largest absolute Gasteiger partial charge is 0.494 e. The third kappa shape index (κ3) is 5.34. The first-order chi connectivity index (χ1) is 12.4. The number of hydrogen-bond acceptors (Lipinski definition) is 4. The zero-order valence-corrected chi connectivity index (χ0v) is 15.0. The smallest absolute Gasteiger partial charge is 0.262 e. The first kappa shape index (κ1) is 19.5. The zero-order valence-electron chi connectivity index (χ0n) is 15.0. The Morgan fingerprint density at radius 3 is 2.08 bits per heavy atom. The van der Waals surface area contributed by atoms with Crippen molar-refractivity contribution in [2.75, 3.05) is 37.5 Å². The van der Waals surface area contributed by atoms with Gasteiger partial charge in [-0.3, -0.25) is 4.79 Å². The first-order valence-electron chi connectivity index (χ1n) is 8.22. The van der Waals surface area contributed by atoms with Gasteiger partial charge >= 0.3 is 0 Å². The van der Waals surface area contributed by atoms with Gasteiger partial charge < -0.3 is 19.7 Å². The maximum Gasteiger partial charge on any atom is 0.262 e. The van der Waals surface area contributed by atoms with Gasteiger partial charge in [0, 0.05) is 19.8 Å². The van der Waals surface area contributed by atoms with E-state index in [2.05, 4.69) is 5.32 Å². The molecule has 0 radical (unpaired) electrons. The summed E-state index contributed by atoms with van der Waals surface area (Å²) in [4.78, 5) is 13.2. The lowest BCUT2D eigenvalue weighted by Crippen LogP contribution is -2.21. The second kappa shape index (κ2) is 9.03. The second-order valence-electron chi connectivity index (χ2n) is 5.84. The van der Waals surface area contributed by atoms with Gasteiger partial charge in [-0.15, -0.1) is 0 Å². The number of hydrogen-bond donors (Lipinski definition) is 1. The molecule has 2 rings (SSSR count). The molecule has 0 aliphatic carbocycles. The molecule has 0 atom stereocenters. The van der Waals surface area contributed by atoms with Crippen molar-refractivity contribution in [2.24, 2.45) is 0 Å². The molecule has 0 fully saturated rings. The standard InChI is InChI=1S/C19H22F2N2O3/c1-4-9-25-14-5-7-15(8-6-14)26-12-18(24)22-13-10-16(20)19(23(2)3)17(21)11-13/h5-8,10-11H,4,9,12H2,1-3H3,(H,22,24). The van der Waals surface area contributed by atoms with Gasteiger partial charge in [-0.2, -0.15) is 0 Å². The lowest BCUT2D eigenvalue weighted by atomic mass is 10.2. The number of anilines is 2.